The summed E-state index contributed by atoms with van der Waals surface area (Å²) in [6, 6.07) is 8.88. The minimum absolute atomic E-state index is 0.0541. The fourth-order valence-corrected chi connectivity index (χ4v) is 3.05. The van der Waals surface area contributed by atoms with E-state index in [9.17, 15) is 32.2 Å². The average molecular weight is 475 g/mol. The summed E-state index contributed by atoms with van der Waals surface area (Å²) < 4.78 is 98.6. The lowest BCUT2D eigenvalue weighted by molar-refractivity contribution is -0.216. The van der Waals surface area contributed by atoms with Gasteiger partial charge in [0.2, 0.25) is 0 Å². The fourth-order valence-electron chi connectivity index (χ4n) is 3.05. The van der Waals surface area contributed by atoms with Crippen LogP contribution in [0, 0.1) is 11.6 Å². The summed E-state index contributed by atoms with van der Waals surface area (Å²) in [5, 5.41) is 20.0. The number of pyridine rings is 1. The van der Waals surface area contributed by atoms with E-state index in [-0.39, 0.29) is 5.75 Å². The molecule has 2 N–H and O–H groups in total. The van der Waals surface area contributed by atoms with Gasteiger partial charge in [-0.25, -0.2) is 8.78 Å². The summed E-state index contributed by atoms with van der Waals surface area (Å²) in [6.45, 7) is -3.06. The molecule has 0 aliphatic carbocycles. The fraction of sp³-hybridized carbons (Fsp3) is 0.227. The standard InChI is InChI=1S/C22H16F7NO3/c23-15-4-7-17(18(24)9-15)20(32,11-31)22(28,29)19-8-3-14(10-30-19)13-1-5-16(6-2-13)33-12-21(25,26)27/h1-10,31-32H,11-12H2/t20-/m1/s1. The molecule has 11 heteroatoms. The molecule has 3 aromatic rings. The van der Waals surface area contributed by atoms with Crippen LogP contribution in [0.2, 0.25) is 0 Å². The Morgan fingerprint density at radius 1 is 0.848 bits per heavy atom. The van der Waals surface area contributed by atoms with Crippen LogP contribution in [-0.2, 0) is 11.5 Å². The van der Waals surface area contributed by atoms with Gasteiger partial charge in [-0.3, -0.25) is 4.98 Å². The van der Waals surface area contributed by atoms with Crippen molar-refractivity contribution in [1.29, 1.82) is 0 Å². The van der Waals surface area contributed by atoms with E-state index < -0.39 is 53.8 Å². The number of aliphatic hydroxyl groups is 2. The van der Waals surface area contributed by atoms with E-state index >= 15 is 8.78 Å². The lowest BCUT2D eigenvalue weighted by Gasteiger charge is -2.34. The van der Waals surface area contributed by atoms with Gasteiger partial charge in [-0.15, -0.1) is 0 Å². The maximum Gasteiger partial charge on any atom is 0.422 e. The van der Waals surface area contributed by atoms with Gasteiger partial charge in [0.05, 0.1) is 6.61 Å². The number of aliphatic hydroxyl groups excluding tert-OH is 1. The maximum absolute atomic E-state index is 15.1. The van der Waals surface area contributed by atoms with Gasteiger partial charge in [-0.05, 0) is 35.9 Å². The SMILES string of the molecule is OC[C@@](O)(c1ccc(F)cc1F)C(F)(F)c1ccc(-c2ccc(OCC(F)(F)F)cc2)cn1. The van der Waals surface area contributed by atoms with E-state index in [0.717, 1.165) is 12.3 Å². The van der Waals surface area contributed by atoms with E-state index in [4.69, 9.17) is 0 Å². The molecule has 4 nitrogen and oxygen atoms in total. The monoisotopic (exact) mass is 475 g/mol. The predicted octanol–water partition coefficient (Wildman–Crippen LogP) is 4.94. The summed E-state index contributed by atoms with van der Waals surface area (Å²) in [7, 11) is 0. The third kappa shape index (κ3) is 5.09. The number of halogens is 7. The number of aromatic nitrogens is 1. The zero-order valence-electron chi connectivity index (χ0n) is 16.6. The Balaban J connectivity index is 1.86. The summed E-state index contributed by atoms with van der Waals surface area (Å²) >= 11 is 0. The minimum atomic E-state index is -4.50. The third-order valence-corrected chi connectivity index (χ3v) is 4.80. The van der Waals surface area contributed by atoms with Crippen LogP contribution in [-0.4, -0.2) is 34.6 Å². The Bertz CT molecular complexity index is 1100. The number of hydrogen-bond donors (Lipinski definition) is 2. The average Bonchev–Trinajstić information content (AvgIpc) is 2.77. The second-order valence-corrected chi connectivity index (χ2v) is 7.08. The Morgan fingerprint density at radius 2 is 1.48 bits per heavy atom. The van der Waals surface area contributed by atoms with Crippen LogP contribution in [0.4, 0.5) is 30.7 Å². The molecule has 0 radical (unpaired) electrons. The molecule has 0 amide bonds. The zero-order valence-corrected chi connectivity index (χ0v) is 16.6. The van der Waals surface area contributed by atoms with Crippen LogP contribution in [0.1, 0.15) is 11.3 Å². The summed E-state index contributed by atoms with van der Waals surface area (Å²) in [6.07, 6.45) is -3.50. The second kappa shape index (κ2) is 8.99. The van der Waals surface area contributed by atoms with Crippen molar-refractivity contribution in [2.24, 2.45) is 0 Å². The van der Waals surface area contributed by atoms with E-state index in [1.54, 1.807) is 0 Å². The number of alkyl halides is 5. The lowest BCUT2D eigenvalue weighted by Crippen LogP contribution is -2.47. The lowest BCUT2D eigenvalue weighted by atomic mass is 9.85. The van der Waals surface area contributed by atoms with Crippen LogP contribution < -0.4 is 4.74 Å². The van der Waals surface area contributed by atoms with Crippen LogP contribution in [0.15, 0.2) is 60.8 Å². The Kier molecular flexibility index (Phi) is 6.66. The predicted molar refractivity (Wildman–Crippen MR) is 102 cm³/mol. The Labute approximate surface area is 182 Å². The van der Waals surface area contributed by atoms with E-state index in [1.807, 2.05) is 0 Å². The highest BCUT2D eigenvalue weighted by molar-refractivity contribution is 5.63. The smallest absolute Gasteiger partial charge is 0.422 e. The molecule has 1 heterocycles. The van der Waals surface area contributed by atoms with Crippen LogP contribution in [0.5, 0.6) is 5.75 Å². The topological polar surface area (TPSA) is 62.6 Å². The van der Waals surface area contributed by atoms with Crippen LogP contribution >= 0.6 is 0 Å². The highest BCUT2D eigenvalue weighted by Gasteiger charge is 2.57. The summed E-state index contributed by atoms with van der Waals surface area (Å²) in [5.74, 6) is -6.87. The largest absolute Gasteiger partial charge is 0.484 e. The molecule has 176 valence electrons. The van der Waals surface area contributed by atoms with Gasteiger partial charge < -0.3 is 14.9 Å². The summed E-state index contributed by atoms with van der Waals surface area (Å²) in [5.41, 5.74) is -4.74. The molecule has 1 atom stereocenters. The second-order valence-electron chi connectivity index (χ2n) is 7.08. The number of ether oxygens (including phenoxy) is 1. The molecule has 1 aromatic heterocycles. The van der Waals surface area contributed by atoms with Gasteiger partial charge >= 0.3 is 12.1 Å². The van der Waals surface area contributed by atoms with Gasteiger partial charge in [-0.2, -0.15) is 22.0 Å². The molecule has 2 aromatic carbocycles. The van der Waals surface area contributed by atoms with Crippen molar-refractivity contribution in [3.63, 3.8) is 0 Å². The molecule has 0 aliphatic heterocycles. The highest BCUT2D eigenvalue weighted by atomic mass is 19.4. The van der Waals surface area contributed by atoms with E-state index in [2.05, 4.69) is 9.72 Å². The normalized spacial score (nSPS) is 14.1. The molecule has 0 fully saturated rings. The Morgan fingerprint density at radius 3 is 2.00 bits per heavy atom. The highest BCUT2D eigenvalue weighted by Crippen LogP contribution is 2.45. The first-order chi connectivity index (χ1) is 15.4. The quantitative estimate of drug-likeness (QED) is 0.476. The van der Waals surface area contributed by atoms with E-state index in [1.165, 1.54) is 30.3 Å². The van der Waals surface area contributed by atoms with Crippen molar-refractivity contribution < 1.29 is 45.7 Å². The number of rotatable bonds is 7. The van der Waals surface area contributed by atoms with Gasteiger partial charge in [0.15, 0.2) is 12.2 Å². The Hall–Kier alpha value is -3.18. The van der Waals surface area contributed by atoms with E-state index in [0.29, 0.717) is 29.3 Å². The van der Waals surface area contributed by atoms with Crippen molar-refractivity contribution in [3.8, 4) is 16.9 Å². The van der Waals surface area contributed by atoms with Crippen molar-refractivity contribution >= 4 is 0 Å². The van der Waals surface area contributed by atoms with Crippen molar-refractivity contribution in [2.45, 2.75) is 17.7 Å². The first-order valence-corrected chi connectivity index (χ1v) is 9.30. The molecular weight excluding hydrogens is 459 g/mol. The van der Waals surface area contributed by atoms with Gasteiger partial charge in [0.1, 0.15) is 23.1 Å². The molecule has 33 heavy (non-hydrogen) atoms. The van der Waals surface area contributed by atoms with Gasteiger partial charge in [0.25, 0.3) is 0 Å². The van der Waals surface area contributed by atoms with Crippen molar-refractivity contribution in [3.05, 3.63) is 83.7 Å². The first kappa shape index (κ1) is 24.5. The van der Waals surface area contributed by atoms with Crippen LogP contribution in [0.3, 0.4) is 0 Å². The number of nitrogens with zero attached hydrogens (tertiary/aromatic N) is 1. The minimum Gasteiger partial charge on any atom is -0.484 e. The molecule has 0 spiro atoms. The zero-order chi connectivity index (χ0) is 24.4. The molecule has 0 unspecified atom stereocenters. The number of benzene rings is 2. The maximum atomic E-state index is 15.1. The molecule has 0 aliphatic rings. The molecule has 0 bridgehead atoms. The third-order valence-electron chi connectivity index (χ3n) is 4.80. The van der Waals surface area contributed by atoms with Crippen LogP contribution in [0.25, 0.3) is 11.1 Å². The van der Waals surface area contributed by atoms with Gasteiger partial charge in [0, 0.05) is 23.4 Å². The molecule has 3 rings (SSSR count). The molecule has 0 saturated carbocycles. The molecule has 0 saturated heterocycles. The number of hydrogen-bond acceptors (Lipinski definition) is 4. The summed E-state index contributed by atoms with van der Waals surface area (Å²) in [4.78, 5) is 3.61. The van der Waals surface area contributed by atoms with Crippen molar-refractivity contribution in [2.75, 3.05) is 13.2 Å². The first-order valence-electron chi connectivity index (χ1n) is 9.30. The van der Waals surface area contributed by atoms with Crippen molar-refractivity contribution in [1.82, 2.24) is 4.98 Å². The van der Waals surface area contributed by atoms with Gasteiger partial charge in [-0.1, -0.05) is 18.2 Å². The molecular formula is C22H16F7NO3.